The summed E-state index contributed by atoms with van der Waals surface area (Å²) in [6.45, 7) is 5.76. The van der Waals surface area contributed by atoms with Gasteiger partial charge >= 0.3 is 0 Å². The number of nitrogens with one attached hydrogen (secondary N) is 2. The number of hydrogen-bond acceptors (Lipinski definition) is 5. The third kappa shape index (κ3) is 5.53. The Morgan fingerprint density at radius 3 is 2.43 bits per heavy atom. The largest absolute Gasteiger partial charge is 0.354 e. The monoisotopic (exact) mass is 381 g/mol. The number of hydrogen-bond donors (Lipinski definition) is 2. The summed E-state index contributed by atoms with van der Waals surface area (Å²) in [5.41, 5.74) is 1.24. The van der Waals surface area contributed by atoms with Crippen molar-refractivity contribution in [2.24, 2.45) is 0 Å². The zero-order valence-electron chi connectivity index (χ0n) is 16.4. The molecule has 1 atom stereocenters. The van der Waals surface area contributed by atoms with Gasteiger partial charge < -0.3 is 20.4 Å². The number of aromatic nitrogens is 1. The summed E-state index contributed by atoms with van der Waals surface area (Å²) in [5.74, 6) is 0.587. The summed E-state index contributed by atoms with van der Waals surface area (Å²) in [4.78, 5) is 33.4. The fourth-order valence-electron chi connectivity index (χ4n) is 3.12. The molecule has 2 N–H and O–H groups in total. The molecular formula is C21H27N5O2. The van der Waals surface area contributed by atoms with Gasteiger partial charge in [-0.1, -0.05) is 18.2 Å². The van der Waals surface area contributed by atoms with Gasteiger partial charge in [0.05, 0.1) is 11.9 Å². The molecule has 0 spiro atoms. The lowest BCUT2D eigenvalue weighted by Gasteiger charge is -2.33. The molecule has 0 saturated carbocycles. The molecule has 148 valence electrons. The average Bonchev–Trinajstić information content (AvgIpc) is 2.69. The smallest absolute Gasteiger partial charge is 0.251 e. The van der Waals surface area contributed by atoms with E-state index in [-0.39, 0.29) is 24.3 Å². The first-order valence-corrected chi connectivity index (χ1v) is 9.56. The van der Waals surface area contributed by atoms with E-state index in [4.69, 9.17) is 0 Å². The lowest BCUT2D eigenvalue weighted by molar-refractivity contribution is -0.116. The van der Waals surface area contributed by atoms with Crippen LogP contribution >= 0.6 is 0 Å². The van der Waals surface area contributed by atoms with Gasteiger partial charge in [-0.15, -0.1) is 0 Å². The molecule has 1 saturated heterocycles. The second-order valence-electron chi connectivity index (χ2n) is 7.19. The average molecular weight is 381 g/mol. The molecule has 2 aromatic rings. The van der Waals surface area contributed by atoms with Crippen LogP contribution in [0.5, 0.6) is 0 Å². The number of nitrogens with zero attached hydrogens (tertiary/aromatic N) is 3. The van der Waals surface area contributed by atoms with Crippen LogP contribution in [0.25, 0.3) is 0 Å². The zero-order valence-corrected chi connectivity index (χ0v) is 16.4. The standard InChI is InChI=1S/C21H27N5O2/c1-16(23-21(28)17-6-4-3-5-7-17)14-20(27)24-18-8-9-19(22-15-18)26-12-10-25(2)11-13-26/h3-9,15-16H,10-14H2,1-2H3,(H,23,28)(H,24,27). The van der Waals surface area contributed by atoms with Gasteiger partial charge in [-0.2, -0.15) is 0 Å². The van der Waals surface area contributed by atoms with Gasteiger partial charge in [-0.05, 0) is 38.2 Å². The van der Waals surface area contributed by atoms with Crippen molar-refractivity contribution in [2.75, 3.05) is 43.4 Å². The third-order valence-corrected chi connectivity index (χ3v) is 4.76. The second kappa shape index (κ2) is 9.32. The maximum atomic E-state index is 12.3. The van der Waals surface area contributed by atoms with Crippen LogP contribution < -0.4 is 15.5 Å². The van der Waals surface area contributed by atoms with E-state index in [0.29, 0.717) is 11.3 Å². The Bertz CT molecular complexity index is 786. The molecule has 7 nitrogen and oxygen atoms in total. The maximum absolute atomic E-state index is 12.3. The number of pyridine rings is 1. The van der Waals surface area contributed by atoms with Crippen LogP contribution in [0.1, 0.15) is 23.7 Å². The molecule has 1 aromatic heterocycles. The van der Waals surface area contributed by atoms with Crippen molar-refractivity contribution >= 4 is 23.3 Å². The van der Waals surface area contributed by atoms with Gasteiger partial charge in [-0.25, -0.2) is 4.98 Å². The van der Waals surface area contributed by atoms with Gasteiger partial charge in [0.15, 0.2) is 0 Å². The Kier molecular flexibility index (Phi) is 6.60. The summed E-state index contributed by atoms with van der Waals surface area (Å²) >= 11 is 0. The van der Waals surface area contributed by atoms with E-state index in [1.165, 1.54) is 0 Å². The number of carbonyl (C=O) groups is 2. The first kappa shape index (κ1) is 19.8. The molecule has 2 amide bonds. The molecule has 1 unspecified atom stereocenters. The lowest BCUT2D eigenvalue weighted by atomic mass is 10.1. The van der Waals surface area contributed by atoms with Gasteiger partial charge in [-0.3, -0.25) is 9.59 Å². The van der Waals surface area contributed by atoms with Crippen LogP contribution in [0.15, 0.2) is 48.7 Å². The molecule has 7 heteroatoms. The fourth-order valence-corrected chi connectivity index (χ4v) is 3.12. The highest BCUT2D eigenvalue weighted by Gasteiger charge is 2.16. The number of amides is 2. The second-order valence-corrected chi connectivity index (χ2v) is 7.19. The summed E-state index contributed by atoms with van der Waals surface area (Å²) in [5, 5.41) is 5.69. The van der Waals surface area contributed by atoms with Crippen LogP contribution in [0.4, 0.5) is 11.5 Å². The highest BCUT2D eigenvalue weighted by Crippen LogP contribution is 2.16. The maximum Gasteiger partial charge on any atom is 0.251 e. The minimum Gasteiger partial charge on any atom is -0.354 e. The number of rotatable bonds is 6. The Balaban J connectivity index is 1.47. The van der Waals surface area contributed by atoms with Crippen molar-refractivity contribution in [3.63, 3.8) is 0 Å². The highest BCUT2D eigenvalue weighted by molar-refractivity contribution is 5.95. The fraction of sp³-hybridized carbons (Fsp3) is 0.381. The van der Waals surface area contributed by atoms with Crippen molar-refractivity contribution in [2.45, 2.75) is 19.4 Å². The Hall–Kier alpha value is -2.93. The predicted octanol–water partition coefficient (Wildman–Crippen LogP) is 1.98. The van der Waals surface area contributed by atoms with Crippen molar-refractivity contribution in [1.82, 2.24) is 15.2 Å². The molecule has 2 heterocycles. The molecule has 0 bridgehead atoms. The number of piperazine rings is 1. The number of anilines is 2. The molecule has 1 fully saturated rings. The Morgan fingerprint density at radius 2 is 1.79 bits per heavy atom. The van der Waals surface area contributed by atoms with Gasteiger partial charge in [0.1, 0.15) is 5.82 Å². The van der Waals surface area contributed by atoms with E-state index in [1.54, 1.807) is 18.3 Å². The number of carbonyl (C=O) groups excluding carboxylic acids is 2. The molecular weight excluding hydrogens is 354 g/mol. The van der Waals surface area contributed by atoms with E-state index >= 15 is 0 Å². The van der Waals surface area contributed by atoms with Gasteiger partial charge in [0.25, 0.3) is 5.91 Å². The van der Waals surface area contributed by atoms with Crippen molar-refractivity contribution in [3.05, 3.63) is 54.2 Å². The van der Waals surface area contributed by atoms with E-state index in [2.05, 4.69) is 32.5 Å². The summed E-state index contributed by atoms with van der Waals surface area (Å²) < 4.78 is 0. The Morgan fingerprint density at radius 1 is 1.07 bits per heavy atom. The minimum absolute atomic E-state index is 0.157. The quantitative estimate of drug-likeness (QED) is 0.800. The first-order chi connectivity index (χ1) is 13.5. The molecule has 3 rings (SSSR count). The topological polar surface area (TPSA) is 77.6 Å². The van der Waals surface area contributed by atoms with Gasteiger partial charge in [0.2, 0.25) is 5.91 Å². The van der Waals surface area contributed by atoms with E-state index in [1.807, 2.05) is 37.3 Å². The molecule has 1 aliphatic rings. The predicted molar refractivity (Wildman–Crippen MR) is 111 cm³/mol. The van der Waals surface area contributed by atoms with E-state index < -0.39 is 0 Å². The SMILES string of the molecule is CC(CC(=O)Nc1ccc(N2CCN(C)CC2)nc1)NC(=O)c1ccccc1. The van der Waals surface area contributed by atoms with E-state index in [0.717, 1.165) is 32.0 Å². The van der Waals surface area contributed by atoms with Crippen molar-refractivity contribution < 1.29 is 9.59 Å². The normalized spacial score (nSPS) is 15.7. The van der Waals surface area contributed by atoms with Crippen LogP contribution in [-0.2, 0) is 4.79 Å². The minimum atomic E-state index is -0.273. The third-order valence-electron chi connectivity index (χ3n) is 4.76. The van der Waals surface area contributed by atoms with Crippen LogP contribution in [-0.4, -0.2) is 61.0 Å². The zero-order chi connectivity index (χ0) is 19.9. The number of likely N-dealkylation sites (N-methyl/N-ethyl adjacent to an activating group) is 1. The van der Waals surface area contributed by atoms with E-state index in [9.17, 15) is 9.59 Å². The molecule has 28 heavy (non-hydrogen) atoms. The summed E-state index contributed by atoms with van der Waals surface area (Å²) in [6, 6.07) is 12.5. The molecule has 0 radical (unpaired) electrons. The van der Waals surface area contributed by atoms with Crippen LogP contribution in [0.2, 0.25) is 0 Å². The summed E-state index contributed by atoms with van der Waals surface area (Å²) in [6.07, 6.45) is 1.87. The van der Waals surface area contributed by atoms with Crippen LogP contribution in [0.3, 0.4) is 0 Å². The Labute approximate surface area is 165 Å². The first-order valence-electron chi connectivity index (χ1n) is 9.56. The summed E-state index contributed by atoms with van der Waals surface area (Å²) in [7, 11) is 2.12. The highest BCUT2D eigenvalue weighted by atomic mass is 16.2. The van der Waals surface area contributed by atoms with Gasteiger partial charge in [0, 0.05) is 44.2 Å². The van der Waals surface area contributed by atoms with Crippen molar-refractivity contribution in [3.8, 4) is 0 Å². The number of benzene rings is 1. The van der Waals surface area contributed by atoms with Crippen molar-refractivity contribution in [1.29, 1.82) is 0 Å². The molecule has 1 aromatic carbocycles. The lowest BCUT2D eigenvalue weighted by Crippen LogP contribution is -2.44. The van der Waals surface area contributed by atoms with Crippen LogP contribution in [0, 0.1) is 0 Å². The molecule has 1 aliphatic heterocycles. The molecule has 0 aliphatic carbocycles.